The molecule has 0 fully saturated rings. The standard InChI is InChI=1S/C20H23ClN2O3/c1-3-14(15-7-5-4-6-8-15)12-23-19(24)13(2)26-20(25)16-9-10-17(21)18(22)11-16/h4-11,13-14H,3,12,22H2,1-2H3,(H,23,24)/t13-,14-/m0/s1. The second-order valence-corrected chi connectivity index (χ2v) is 6.45. The minimum atomic E-state index is -0.910. The van der Waals surface area contributed by atoms with Crippen molar-refractivity contribution in [1.29, 1.82) is 0 Å². The number of hydrogen-bond donors (Lipinski definition) is 2. The summed E-state index contributed by atoms with van der Waals surface area (Å²) in [5.74, 6) is -0.750. The third-order valence-electron chi connectivity index (χ3n) is 4.17. The molecule has 2 rings (SSSR count). The molecule has 3 N–H and O–H groups in total. The molecule has 0 radical (unpaired) electrons. The van der Waals surface area contributed by atoms with Gasteiger partial charge in [0.25, 0.3) is 5.91 Å². The maximum atomic E-state index is 12.2. The van der Waals surface area contributed by atoms with Gasteiger partial charge in [-0.1, -0.05) is 48.9 Å². The van der Waals surface area contributed by atoms with Gasteiger partial charge >= 0.3 is 5.97 Å². The van der Waals surface area contributed by atoms with Crippen LogP contribution in [-0.4, -0.2) is 24.5 Å². The number of esters is 1. The van der Waals surface area contributed by atoms with Crippen LogP contribution < -0.4 is 11.1 Å². The van der Waals surface area contributed by atoms with Gasteiger partial charge in [0.15, 0.2) is 6.10 Å². The lowest BCUT2D eigenvalue weighted by Gasteiger charge is -2.18. The summed E-state index contributed by atoms with van der Waals surface area (Å²) in [6, 6.07) is 14.4. The number of ether oxygens (including phenoxy) is 1. The highest BCUT2D eigenvalue weighted by Crippen LogP contribution is 2.20. The number of rotatable bonds is 7. The second kappa shape index (κ2) is 9.25. The molecule has 0 spiro atoms. The van der Waals surface area contributed by atoms with Crippen molar-refractivity contribution in [2.75, 3.05) is 12.3 Å². The van der Waals surface area contributed by atoms with Crippen LogP contribution in [0.2, 0.25) is 5.02 Å². The summed E-state index contributed by atoms with van der Waals surface area (Å²) in [4.78, 5) is 24.4. The van der Waals surface area contributed by atoms with Crippen LogP contribution in [0.5, 0.6) is 0 Å². The number of carbonyl (C=O) groups excluding carboxylic acids is 2. The molecule has 6 heteroatoms. The Morgan fingerprint density at radius 2 is 1.88 bits per heavy atom. The maximum Gasteiger partial charge on any atom is 0.338 e. The molecule has 0 saturated heterocycles. The SMILES string of the molecule is CC[C@@H](CNC(=O)[C@H](C)OC(=O)c1ccc(Cl)c(N)c1)c1ccccc1. The van der Waals surface area contributed by atoms with Crippen molar-refractivity contribution in [1.82, 2.24) is 5.32 Å². The predicted molar refractivity (Wildman–Crippen MR) is 103 cm³/mol. The lowest BCUT2D eigenvalue weighted by Crippen LogP contribution is -2.38. The topological polar surface area (TPSA) is 81.4 Å². The van der Waals surface area contributed by atoms with Gasteiger partial charge in [-0.05, 0) is 37.1 Å². The molecule has 0 bridgehead atoms. The molecular formula is C20H23ClN2O3. The van der Waals surface area contributed by atoms with Crippen LogP contribution >= 0.6 is 11.6 Å². The molecular weight excluding hydrogens is 352 g/mol. The van der Waals surface area contributed by atoms with Crippen LogP contribution in [0, 0.1) is 0 Å². The van der Waals surface area contributed by atoms with E-state index in [0.29, 0.717) is 11.6 Å². The molecule has 2 aromatic rings. The number of benzene rings is 2. The minimum Gasteiger partial charge on any atom is -0.449 e. The van der Waals surface area contributed by atoms with E-state index >= 15 is 0 Å². The van der Waals surface area contributed by atoms with Crippen LogP contribution in [0.15, 0.2) is 48.5 Å². The van der Waals surface area contributed by atoms with Crippen molar-refractivity contribution in [2.45, 2.75) is 32.3 Å². The van der Waals surface area contributed by atoms with Gasteiger partial charge in [-0.15, -0.1) is 0 Å². The van der Waals surface area contributed by atoms with Gasteiger partial charge in [-0.2, -0.15) is 0 Å². The number of nitrogens with one attached hydrogen (secondary N) is 1. The van der Waals surface area contributed by atoms with Crippen LogP contribution in [0.1, 0.15) is 42.1 Å². The monoisotopic (exact) mass is 374 g/mol. The van der Waals surface area contributed by atoms with E-state index in [9.17, 15) is 9.59 Å². The smallest absolute Gasteiger partial charge is 0.338 e. The lowest BCUT2D eigenvalue weighted by molar-refractivity contribution is -0.129. The molecule has 0 aliphatic rings. The molecule has 1 amide bonds. The summed E-state index contributed by atoms with van der Waals surface area (Å²) in [5.41, 5.74) is 7.38. The highest BCUT2D eigenvalue weighted by atomic mass is 35.5. The Morgan fingerprint density at radius 3 is 2.50 bits per heavy atom. The minimum absolute atomic E-state index is 0.208. The molecule has 0 unspecified atom stereocenters. The zero-order valence-electron chi connectivity index (χ0n) is 14.9. The Labute approximate surface area is 158 Å². The quantitative estimate of drug-likeness (QED) is 0.570. The van der Waals surface area contributed by atoms with Crippen LogP contribution in [-0.2, 0) is 9.53 Å². The Kier molecular flexibility index (Phi) is 7.04. The zero-order chi connectivity index (χ0) is 19.1. The fraction of sp³-hybridized carbons (Fsp3) is 0.300. The summed E-state index contributed by atoms with van der Waals surface area (Å²) in [5, 5.41) is 3.21. The Hall–Kier alpha value is -2.53. The molecule has 0 saturated carbocycles. The number of nitrogen functional groups attached to an aromatic ring is 1. The Balaban J connectivity index is 1.90. The highest BCUT2D eigenvalue weighted by molar-refractivity contribution is 6.33. The lowest BCUT2D eigenvalue weighted by atomic mass is 9.96. The number of nitrogens with two attached hydrogens (primary N) is 1. The fourth-order valence-electron chi connectivity index (χ4n) is 2.54. The average molecular weight is 375 g/mol. The van der Waals surface area contributed by atoms with Crippen molar-refractivity contribution >= 4 is 29.2 Å². The fourth-order valence-corrected chi connectivity index (χ4v) is 2.66. The van der Waals surface area contributed by atoms with Crippen LogP contribution in [0.4, 0.5) is 5.69 Å². The van der Waals surface area contributed by atoms with Crippen molar-refractivity contribution in [3.8, 4) is 0 Å². The highest BCUT2D eigenvalue weighted by Gasteiger charge is 2.20. The van der Waals surface area contributed by atoms with Crippen molar-refractivity contribution < 1.29 is 14.3 Å². The molecule has 2 aromatic carbocycles. The first-order valence-electron chi connectivity index (χ1n) is 8.51. The van der Waals surface area contributed by atoms with Crippen molar-refractivity contribution in [3.05, 3.63) is 64.7 Å². The first-order chi connectivity index (χ1) is 12.4. The molecule has 0 aromatic heterocycles. The van der Waals surface area contributed by atoms with Crippen LogP contribution in [0.25, 0.3) is 0 Å². The normalized spacial score (nSPS) is 12.9. The average Bonchev–Trinajstić information content (AvgIpc) is 2.65. The Bertz CT molecular complexity index is 765. The summed E-state index contributed by atoms with van der Waals surface area (Å²) in [6.07, 6.45) is -0.0182. The van der Waals surface area contributed by atoms with E-state index in [2.05, 4.69) is 12.2 Å². The second-order valence-electron chi connectivity index (χ2n) is 6.04. The third-order valence-corrected chi connectivity index (χ3v) is 4.52. The van der Waals surface area contributed by atoms with E-state index in [-0.39, 0.29) is 23.1 Å². The molecule has 2 atom stereocenters. The summed E-state index contributed by atoms with van der Waals surface area (Å²) in [6.45, 7) is 4.09. The van der Waals surface area contributed by atoms with Crippen molar-refractivity contribution in [3.63, 3.8) is 0 Å². The van der Waals surface area contributed by atoms with E-state index < -0.39 is 12.1 Å². The summed E-state index contributed by atoms with van der Waals surface area (Å²) < 4.78 is 5.22. The first kappa shape index (κ1) is 19.8. The maximum absolute atomic E-state index is 12.2. The number of amides is 1. The number of anilines is 1. The van der Waals surface area contributed by atoms with Crippen molar-refractivity contribution in [2.24, 2.45) is 0 Å². The van der Waals surface area contributed by atoms with E-state index in [1.165, 1.54) is 25.1 Å². The first-order valence-corrected chi connectivity index (χ1v) is 8.88. The van der Waals surface area contributed by atoms with Gasteiger partial charge in [0, 0.05) is 12.5 Å². The molecule has 0 heterocycles. The number of carbonyl (C=O) groups is 2. The number of halogens is 1. The van der Waals surface area contributed by atoms with Gasteiger partial charge in [-0.3, -0.25) is 4.79 Å². The van der Waals surface area contributed by atoms with Gasteiger partial charge in [-0.25, -0.2) is 4.79 Å². The molecule has 0 aliphatic carbocycles. The van der Waals surface area contributed by atoms with Gasteiger partial charge in [0.1, 0.15) is 0 Å². The van der Waals surface area contributed by atoms with Crippen LogP contribution in [0.3, 0.4) is 0 Å². The number of hydrogen-bond acceptors (Lipinski definition) is 4. The van der Waals surface area contributed by atoms with E-state index in [1.54, 1.807) is 0 Å². The summed E-state index contributed by atoms with van der Waals surface area (Å²) >= 11 is 5.84. The molecule has 5 nitrogen and oxygen atoms in total. The Morgan fingerprint density at radius 1 is 1.19 bits per heavy atom. The third kappa shape index (κ3) is 5.23. The van der Waals surface area contributed by atoms with E-state index in [0.717, 1.165) is 12.0 Å². The molecule has 0 aliphatic heterocycles. The van der Waals surface area contributed by atoms with Gasteiger partial charge in [0.2, 0.25) is 0 Å². The van der Waals surface area contributed by atoms with Gasteiger partial charge < -0.3 is 15.8 Å². The largest absolute Gasteiger partial charge is 0.449 e. The van der Waals surface area contributed by atoms with Gasteiger partial charge in [0.05, 0.1) is 16.3 Å². The van der Waals surface area contributed by atoms with E-state index in [1.807, 2.05) is 30.3 Å². The molecule has 138 valence electrons. The predicted octanol–water partition coefficient (Wildman–Crippen LogP) is 3.78. The zero-order valence-corrected chi connectivity index (χ0v) is 15.6. The summed E-state index contributed by atoms with van der Waals surface area (Å²) in [7, 11) is 0. The molecule has 26 heavy (non-hydrogen) atoms. The van der Waals surface area contributed by atoms with E-state index in [4.69, 9.17) is 22.1 Å².